The molecule has 128 valence electrons. The smallest absolute Gasteiger partial charge is 0.217 e. The molecule has 2 aromatic rings. The number of carbonyl (C=O) groups is 1. The zero-order valence-electron chi connectivity index (χ0n) is 14.2. The molecule has 6 heteroatoms. The minimum Gasteiger partial charge on any atom is -0.391 e. The van der Waals surface area contributed by atoms with Gasteiger partial charge in [0, 0.05) is 5.56 Å². The first kappa shape index (κ1) is 16.1. The standard InChI is InChI=1S/C18H25N3O2S/c1-14-19-16-12-15(2-3-18(16)24-14)17(23)13-21-7-4-20(5-8-21,6-9-21)10-11-22/h2-3,12,22H,4-11,13H2,1H3/q+2. The van der Waals surface area contributed by atoms with Crippen LogP contribution in [-0.2, 0) is 0 Å². The highest BCUT2D eigenvalue weighted by Crippen LogP contribution is 2.28. The maximum atomic E-state index is 12.9. The third-order valence-corrected chi connectivity index (χ3v) is 6.97. The maximum absolute atomic E-state index is 12.9. The van der Waals surface area contributed by atoms with E-state index in [-0.39, 0.29) is 12.4 Å². The number of aromatic nitrogens is 1. The van der Waals surface area contributed by atoms with Crippen LogP contribution in [0, 0.1) is 6.92 Å². The van der Waals surface area contributed by atoms with Crippen molar-refractivity contribution < 1.29 is 18.9 Å². The molecule has 0 radical (unpaired) electrons. The highest BCUT2D eigenvalue weighted by molar-refractivity contribution is 7.18. The fourth-order valence-corrected chi connectivity index (χ4v) is 5.15. The van der Waals surface area contributed by atoms with Gasteiger partial charge in [-0.2, -0.15) is 0 Å². The molecule has 1 aromatic carbocycles. The third kappa shape index (κ3) is 2.77. The summed E-state index contributed by atoms with van der Waals surface area (Å²) in [5.41, 5.74) is 1.74. The number of rotatable bonds is 5. The molecule has 0 unspecified atom stereocenters. The average Bonchev–Trinajstić information content (AvgIpc) is 2.96. The number of piperazine rings is 3. The van der Waals surface area contributed by atoms with Crippen molar-refractivity contribution in [3.8, 4) is 0 Å². The molecule has 3 aliphatic heterocycles. The van der Waals surface area contributed by atoms with Crippen molar-refractivity contribution >= 4 is 27.3 Å². The van der Waals surface area contributed by atoms with Crippen molar-refractivity contribution in [2.45, 2.75) is 6.92 Å². The van der Waals surface area contributed by atoms with Gasteiger partial charge in [-0.1, -0.05) is 0 Å². The molecule has 0 aliphatic carbocycles. The topological polar surface area (TPSA) is 50.2 Å². The van der Waals surface area contributed by atoms with Crippen LogP contribution in [0.25, 0.3) is 10.2 Å². The van der Waals surface area contributed by atoms with Gasteiger partial charge < -0.3 is 14.1 Å². The number of hydrogen-bond donors (Lipinski definition) is 1. The Kier molecular flexibility index (Phi) is 3.95. The number of nitrogens with zero attached hydrogens (tertiary/aromatic N) is 3. The van der Waals surface area contributed by atoms with E-state index in [1.807, 2.05) is 25.1 Å². The van der Waals surface area contributed by atoms with E-state index in [0.717, 1.165) is 75.6 Å². The largest absolute Gasteiger partial charge is 0.391 e. The van der Waals surface area contributed by atoms with Crippen molar-refractivity contribution in [2.75, 3.05) is 59.0 Å². The second kappa shape index (κ2) is 5.88. The summed E-state index contributed by atoms with van der Waals surface area (Å²) < 4.78 is 3.13. The van der Waals surface area contributed by atoms with Gasteiger partial charge in [-0.05, 0) is 25.1 Å². The molecular weight excluding hydrogens is 322 g/mol. The van der Waals surface area contributed by atoms with Gasteiger partial charge in [-0.15, -0.1) is 11.3 Å². The Morgan fingerprint density at radius 2 is 1.83 bits per heavy atom. The van der Waals surface area contributed by atoms with Crippen LogP contribution in [-0.4, -0.2) is 83.8 Å². The highest BCUT2D eigenvalue weighted by Gasteiger charge is 2.49. The predicted octanol–water partition coefficient (Wildman–Crippen LogP) is 1.44. The second-order valence-electron chi connectivity index (χ2n) is 7.47. The summed E-state index contributed by atoms with van der Waals surface area (Å²) in [6.07, 6.45) is 0. The molecule has 3 saturated heterocycles. The Hall–Kier alpha value is -1.34. The highest BCUT2D eigenvalue weighted by atomic mass is 32.1. The second-order valence-corrected chi connectivity index (χ2v) is 8.70. The van der Waals surface area contributed by atoms with Crippen LogP contribution < -0.4 is 0 Å². The van der Waals surface area contributed by atoms with E-state index in [1.165, 1.54) is 0 Å². The van der Waals surface area contributed by atoms with Gasteiger partial charge in [0.05, 0.1) is 21.8 Å². The van der Waals surface area contributed by atoms with Gasteiger partial charge in [0.2, 0.25) is 5.78 Å². The Bertz CT molecular complexity index is 761. The number of quaternary nitrogens is 2. The molecule has 0 spiro atoms. The normalized spacial score (nSPS) is 29.2. The van der Waals surface area contributed by atoms with Crippen LogP contribution in [0.1, 0.15) is 15.4 Å². The lowest BCUT2D eigenvalue weighted by atomic mass is 10.0. The minimum absolute atomic E-state index is 0.242. The number of aryl methyl sites for hydroxylation is 1. The van der Waals surface area contributed by atoms with E-state index < -0.39 is 0 Å². The summed E-state index contributed by atoms with van der Waals surface area (Å²) in [4.78, 5) is 17.4. The number of benzene rings is 1. The predicted molar refractivity (Wildman–Crippen MR) is 95.2 cm³/mol. The Morgan fingerprint density at radius 3 is 2.50 bits per heavy atom. The van der Waals surface area contributed by atoms with E-state index in [4.69, 9.17) is 0 Å². The van der Waals surface area contributed by atoms with Gasteiger partial charge in [-0.25, -0.2) is 4.98 Å². The summed E-state index contributed by atoms with van der Waals surface area (Å²) in [6, 6.07) is 5.95. The quantitative estimate of drug-likeness (QED) is 0.658. The Morgan fingerprint density at radius 1 is 1.17 bits per heavy atom. The lowest BCUT2D eigenvalue weighted by Gasteiger charge is -2.55. The molecule has 5 nitrogen and oxygen atoms in total. The van der Waals surface area contributed by atoms with Crippen molar-refractivity contribution in [3.63, 3.8) is 0 Å². The first-order valence-electron chi connectivity index (χ1n) is 8.75. The number of hydrogen-bond acceptors (Lipinski definition) is 4. The fourth-order valence-electron chi connectivity index (χ4n) is 4.34. The van der Waals surface area contributed by atoms with Gasteiger partial charge >= 0.3 is 0 Å². The van der Waals surface area contributed by atoms with Crippen LogP contribution in [0.3, 0.4) is 0 Å². The zero-order chi connectivity index (χ0) is 16.8. The molecule has 3 aliphatic rings. The van der Waals surface area contributed by atoms with Crippen LogP contribution in [0.2, 0.25) is 0 Å². The summed E-state index contributed by atoms with van der Waals surface area (Å²) in [7, 11) is 0. The van der Waals surface area contributed by atoms with E-state index in [2.05, 4.69) is 4.98 Å². The van der Waals surface area contributed by atoms with Crippen molar-refractivity contribution in [1.29, 1.82) is 0 Å². The lowest BCUT2D eigenvalue weighted by Crippen LogP contribution is -2.76. The average molecular weight is 347 g/mol. The molecule has 3 fully saturated rings. The van der Waals surface area contributed by atoms with Crippen molar-refractivity contribution in [2.24, 2.45) is 0 Å². The van der Waals surface area contributed by atoms with Crippen LogP contribution >= 0.6 is 11.3 Å². The molecule has 1 N–H and O–H groups in total. The number of ketones is 1. The number of thiazole rings is 1. The summed E-state index contributed by atoms with van der Waals surface area (Å²) >= 11 is 1.67. The summed E-state index contributed by atoms with van der Waals surface area (Å²) in [5.74, 6) is 0.242. The molecule has 0 amide bonds. The first-order valence-corrected chi connectivity index (χ1v) is 9.56. The van der Waals surface area contributed by atoms with E-state index in [9.17, 15) is 9.90 Å². The van der Waals surface area contributed by atoms with Gasteiger partial charge in [0.25, 0.3) is 0 Å². The van der Waals surface area contributed by atoms with Crippen LogP contribution in [0.4, 0.5) is 0 Å². The number of aliphatic hydroxyl groups is 1. The number of Topliss-reactive ketones (excluding diaryl/α,β-unsaturated/α-hetero) is 1. The van der Waals surface area contributed by atoms with Gasteiger partial charge in [0.1, 0.15) is 52.4 Å². The van der Waals surface area contributed by atoms with E-state index in [1.54, 1.807) is 11.3 Å². The molecule has 24 heavy (non-hydrogen) atoms. The van der Waals surface area contributed by atoms with Gasteiger partial charge in [0.15, 0.2) is 0 Å². The minimum atomic E-state index is 0.242. The number of fused-ring (bicyclic) bond motifs is 4. The molecule has 0 saturated carbocycles. The SMILES string of the molecule is Cc1nc2cc(C(=O)C[N+]34CC[N+](CCO)(CC3)CC4)ccc2s1. The molecular formula is C18H25N3O2S+2. The zero-order valence-corrected chi connectivity index (χ0v) is 15.0. The van der Waals surface area contributed by atoms with Crippen molar-refractivity contribution in [3.05, 3.63) is 28.8 Å². The van der Waals surface area contributed by atoms with Gasteiger partial charge in [-0.3, -0.25) is 4.79 Å². The van der Waals surface area contributed by atoms with E-state index in [0.29, 0.717) is 6.54 Å². The molecule has 5 rings (SSSR count). The Balaban J connectivity index is 1.49. The monoisotopic (exact) mass is 347 g/mol. The van der Waals surface area contributed by atoms with Crippen molar-refractivity contribution in [1.82, 2.24) is 4.98 Å². The first-order chi connectivity index (χ1) is 11.5. The van der Waals surface area contributed by atoms with Crippen LogP contribution in [0.5, 0.6) is 0 Å². The van der Waals surface area contributed by atoms with Crippen LogP contribution in [0.15, 0.2) is 18.2 Å². The Labute approximate surface area is 146 Å². The fraction of sp³-hybridized carbons (Fsp3) is 0.556. The number of aliphatic hydroxyl groups excluding tert-OH is 1. The summed E-state index contributed by atoms with van der Waals surface area (Å²) in [6.45, 7) is 10.2. The molecule has 0 atom stereocenters. The molecule has 2 bridgehead atoms. The molecule has 1 aromatic heterocycles. The maximum Gasteiger partial charge on any atom is 0.217 e. The lowest BCUT2D eigenvalue weighted by molar-refractivity contribution is -1.08. The number of carbonyl (C=O) groups excluding carboxylic acids is 1. The molecule has 4 heterocycles. The summed E-state index contributed by atoms with van der Waals surface area (Å²) in [5, 5.41) is 10.3. The van der Waals surface area contributed by atoms with E-state index >= 15 is 0 Å². The third-order valence-electron chi connectivity index (χ3n) is 6.02.